The normalized spacial score (nSPS) is 10.1. The van der Waals surface area contributed by atoms with Crippen molar-refractivity contribution < 1.29 is 0 Å². The Morgan fingerprint density at radius 2 is 2.00 bits per heavy atom. The highest BCUT2D eigenvalue weighted by atomic mass is 32.1. The Balaban J connectivity index is 3.74. The predicted octanol–water partition coefficient (Wildman–Crippen LogP) is -0.452. The molecular weight excluding hydrogens is 164 g/mol. The van der Waals surface area contributed by atoms with Crippen LogP contribution in [0.4, 0.5) is 0 Å². The fraction of sp³-hybridized carbons (Fsp3) is 0.333. The van der Waals surface area contributed by atoms with Gasteiger partial charge >= 0.3 is 5.69 Å². The number of aryl methyl sites for hydroxylation is 2. The minimum atomic E-state index is -0.427. The molecule has 0 spiro atoms. The third-order valence-electron chi connectivity index (χ3n) is 1.40. The fourth-order valence-corrected chi connectivity index (χ4v) is 1.10. The summed E-state index contributed by atoms with van der Waals surface area (Å²) in [5, 5.41) is 0. The van der Waals surface area contributed by atoms with E-state index in [9.17, 15) is 9.59 Å². The summed E-state index contributed by atoms with van der Waals surface area (Å²) >= 11 is 3.72. The molecule has 0 N–H and O–H groups in total. The van der Waals surface area contributed by atoms with E-state index in [0.29, 0.717) is 5.56 Å². The summed E-state index contributed by atoms with van der Waals surface area (Å²) in [5.74, 6) is 0. The standard InChI is InChI=1S/C6H8N2O2S/c1-4-3-7(2)6(10)8(11)5(4)9/h3,11H,1-2H3. The Hall–Kier alpha value is -0.970. The van der Waals surface area contributed by atoms with E-state index in [2.05, 4.69) is 12.8 Å². The van der Waals surface area contributed by atoms with Gasteiger partial charge in [-0.2, -0.15) is 0 Å². The molecule has 0 aliphatic carbocycles. The van der Waals surface area contributed by atoms with Gasteiger partial charge in [-0.15, -0.1) is 0 Å². The number of aromatic nitrogens is 2. The smallest absolute Gasteiger partial charge is 0.302 e. The lowest BCUT2D eigenvalue weighted by atomic mass is 10.4. The molecule has 60 valence electrons. The van der Waals surface area contributed by atoms with Crippen molar-refractivity contribution in [2.75, 3.05) is 0 Å². The predicted molar refractivity (Wildman–Crippen MR) is 45.1 cm³/mol. The van der Waals surface area contributed by atoms with Gasteiger partial charge in [0.2, 0.25) is 0 Å². The van der Waals surface area contributed by atoms with E-state index in [-0.39, 0.29) is 5.56 Å². The molecule has 1 aromatic heterocycles. The summed E-state index contributed by atoms with van der Waals surface area (Å²) in [4.78, 5) is 22.0. The first-order valence-electron chi connectivity index (χ1n) is 3.02. The Kier molecular flexibility index (Phi) is 1.90. The maximum atomic E-state index is 11.0. The van der Waals surface area contributed by atoms with Crippen LogP contribution in [0.1, 0.15) is 5.56 Å². The molecule has 1 aromatic rings. The Bertz CT molecular complexity index is 356. The molecule has 0 saturated heterocycles. The van der Waals surface area contributed by atoms with Gasteiger partial charge in [0.05, 0.1) is 0 Å². The molecule has 0 aliphatic rings. The molecular formula is C6H8N2O2S. The molecule has 11 heavy (non-hydrogen) atoms. The van der Waals surface area contributed by atoms with E-state index >= 15 is 0 Å². The average Bonchev–Trinajstić information content (AvgIpc) is 1.97. The highest BCUT2D eigenvalue weighted by Crippen LogP contribution is 1.83. The highest BCUT2D eigenvalue weighted by molar-refractivity contribution is 7.78. The largest absolute Gasteiger partial charge is 0.340 e. The summed E-state index contributed by atoms with van der Waals surface area (Å²) in [7, 11) is 1.57. The van der Waals surface area contributed by atoms with Gasteiger partial charge in [0.25, 0.3) is 5.56 Å². The maximum absolute atomic E-state index is 11.0. The zero-order valence-corrected chi connectivity index (χ0v) is 7.13. The van der Waals surface area contributed by atoms with Crippen LogP contribution in [0.3, 0.4) is 0 Å². The molecule has 0 unspecified atom stereocenters. The molecule has 1 rings (SSSR count). The SMILES string of the molecule is Cc1cn(C)c(=O)n(S)c1=O. The van der Waals surface area contributed by atoms with Crippen molar-refractivity contribution in [1.82, 2.24) is 8.54 Å². The molecule has 0 radical (unpaired) electrons. The van der Waals surface area contributed by atoms with Crippen LogP contribution in [-0.2, 0) is 7.05 Å². The van der Waals surface area contributed by atoms with Crippen LogP contribution in [0.2, 0.25) is 0 Å². The van der Waals surface area contributed by atoms with Crippen LogP contribution in [0, 0.1) is 6.92 Å². The van der Waals surface area contributed by atoms with Crippen LogP contribution in [0.25, 0.3) is 0 Å². The zero-order chi connectivity index (χ0) is 8.59. The van der Waals surface area contributed by atoms with Gasteiger partial charge in [0.15, 0.2) is 0 Å². The lowest BCUT2D eigenvalue weighted by molar-refractivity contribution is 0.771. The fourth-order valence-electron chi connectivity index (χ4n) is 0.804. The first-order valence-corrected chi connectivity index (χ1v) is 3.42. The first kappa shape index (κ1) is 8.13. The van der Waals surface area contributed by atoms with E-state index in [1.54, 1.807) is 14.0 Å². The molecule has 0 bridgehead atoms. The van der Waals surface area contributed by atoms with E-state index in [4.69, 9.17) is 0 Å². The van der Waals surface area contributed by atoms with Gasteiger partial charge in [0, 0.05) is 18.8 Å². The minimum absolute atomic E-state index is 0.364. The molecule has 1 heterocycles. The number of nitrogens with zero attached hydrogens (tertiary/aromatic N) is 2. The summed E-state index contributed by atoms with van der Waals surface area (Å²) < 4.78 is 2.10. The summed E-state index contributed by atoms with van der Waals surface area (Å²) in [6.45, 7) is 1.63. The van der Waals surface area contributed by atoms with E-state index in [0.717, 1.165) is 3.97 Å². The summed E-state index contributed by atoms with van der Waals surface area (Å²) in [5.41, 5.74) is -0.289. The lowest BCUT2D eigenvalue weighted by Crippen LogP contribution is -2.34. The third-order valence-corrected chi connectivity index (χ3v) is 1.75. The van der Waals surface area contributed by atoms with Crippen molar-refractivity contribution in [1.29, 1.82) is 0 Å². The van der Waals surface area contributed by atoms with Crippen LogP contribution in [0.15, 0.2) is 15.8 Å². The molecule has 5 heteroatoms. The topological polar surface area (TPSA) is 44.0 Å². The Labute approximate surface area is 68.6 Å². The summed E-state index contributed by atoms with van der Waals surface area (Å²) in [6, 6.07) is 0. The molecule has 0 fully saturated rings. The second kappa shape index (κ2) is 2.58. The quantitative estimate of drug-likeness (QED) is 0.539. The van der Waals surface area contributed by atoms with E-state index in [1.807, 2.05) is 0 Å². The molecule has 0 aromatic carbocycles. The van der Waals surface area contributed by atoms with Crippen LogP contribution in [-0.4, -0.2) is 8.54 Å². The van der Waals surface area contributed by atoms with Gasteiger partial charge in [-0.05, 0) is 6.92 Å². The van der Waals surface area contributed by atoms with Gasteiger partial charge in [-0.3, -0.25) is 4.79 Å². The molecule has 0 atom stereocenters. The summed E-state index contributed by atoms with van der Waals surface area (Å²) in [6.07, 6.45) is 1.48. The van der Waals surface area contributed by atoms with Crippen molar-refractivity contribution in [3.05, 3.63) is 32.6 Å². The van der Waals surface area contributed by atoms with Crippen molar-refractivity contribution in [2.24, 2.45) is 7.05 Å². The van der Waals surface area contributed by atoms with E-state index in [1.165, 1.54) is 10.8 Å². The average molecular weight is 172 g/mol. The van der Waals surface area contributed by atoms with Gasteiger partial charge < -0.3 is 4.57 Å². The molecule has 0 amide bonds. The van der Waals surface area contributed by atoms with Crippen molar-refractivity contribution >= 4 is 12.8 Å². The maximum Gasteiger partial charge on any atom is 0.340 e. The number of rotatable bonds is 0. The Morgan fingerprint density at radius 3 is 2.55 bits per heavy atom. The monoisotopic (exact) mass is 172 g/mol. The minimum Gasteiger partial charge on any atom is -0.302 e. The molecule has 0 saturated carbocycles. The number of thiol groups is 1. The second-order valence-electron chi connectivity index (χ2n) is 2.32. The van der Waals surface area contributed by atoms with Gasteiger partial charge in [0.1, 0.15) is 0 Å². The third kappa shape index (κ3) is 1.23. The number of hydrogen-bond acceptors (Lipinski definition) is 3. The second-order valence-corrected chi connectivity index (χ2v) is 2.72. The highest BCUT2D eigenvalue weighted by Gasteiger charge is 2.01. The van der Waals surface area contributed by atoms with Gasteiger partial charge in [-0.25, -0.2) is 8.77 Å². The van der Waals surface area contributed by atoms with Crippen molar-refractivity contribution in [3.63, 3.8) is 0 Å². The van der Waals surface area contributed by atoms with Gasteiger partial charge in [-0.1, -0.05) is 12.8 Å². The van der Waals surface area contributed by atoms with E-state index < -0.39 is 5.69 Å². The van der Waals surface area contributed by atoms with Crippen LogP contribution in [0.5, 0.6) is 0 Å². The molecule has 0 aliphatic heterocycles. The lowest BCUT2D eigenvalue weighted by Gasteiger charge is -2.00. The molecule has 4 nitrogen and oxygen atoms in total. The van der Waals surface area contributed by atoms with Crippen LogP contribution >= 0.6 is 12.8 Å². The van der Waals surface area contributed by atoms with Crippen molar-refractivity contribution in [3.8, 4) is 0 Å². The first-order chi connectivity index (χ1) is 5.04. The van der Waals surface area contributed by atoms with Crippen LogP contribution < -0.4 is 11.2 Å². The zero-order valence-electron chi connectivity index (χ0n) is 6.24. The number of hydrogen-bond donors (Lipinski definition) is 1. The Morgan fingerprint density at radius 1 is 1.45 bits per heavy atom. The van der Waals surface area contributed by atoms with Crippen molar-refractivity contribution in [2.45, 2.75) is 6.92 Å².